The molecule has 2 N–H and O–H groups in total. The van der Waals surface area contributed by atoms with Crippen molar-refractivity contribution in [2.24, 2.45) is 0 Å². The van der Waals surface area contributed by atoms with Crippen molar-refractivity contribution in [3.8, 4) is 0 Å². The normalized spacial score (nSPS) is 9.77. The standard InChI is InChI=1S/C13H11ClF2N2O4/c1-2-3-17-13(21)18-11(19)6-22-12(20)7-4-9(15)10(16)5-8(7)14/h2,4-5H,1,3,6H2,(H2,17,18,19,21). The highest BCUT2D eigenvalue weighted by atomic mass is 35.5. The first-order valence-electron chi connectivity index (χ1n) is 5.85. The Hall–Kier alpha value is -2.48. The number of hydrogen-bond donors (Lipinski definition) is 2. The van der Waals surface area contributed by atoms with Gasteiger partial charge in [-0.1, -0.05) is 17.7 Å². The van der Waals surface area contributed by atoms with E-state index >= 15 is 0 Å². The molecule has 0 atom stereocenters. The van der Waals surface area contributed by atoms with Crippen molar-refractivity contribution in [1.82, 2.24) is 10.6 Å². The molecule has 0 heterocycles. The summed E-state index contributed by atoms with van der Waals surface area (Å²) in [6, 6.07) is 0.358. The molecule has 0 spiro atoms. The zero-order chi connectivity index (χ0) is 16.7. The Bertz CT molecular complexity index is 622. The summed E-state index contributed by atoms with van der Waals surface area (Å²) in [5, 5.41) is 3.77. The summed E-state index contributed by atoms with van der Waals surface area (Å²) in [5.74, 6) is -4.55. The van der Waals surface area contributed by atoms with Crippen molar-refractivity contribution in [2.75, 3.05) is 13.2 Å². The average Bonchev–Trinajstić information content (AvgIpc) is 2.46. The molecule has 0 aromatic heterocycles. The van der Waals surface area contributed by atoms with Gasteiger partial charge in [0.25, 0.3) is 5.91 Å². The highest BCUT2D eigenvalue weighted by Gasteiger charge is 2.18. The molecule has 0 radical (unpaired) electrons. The number of nitrogens with one attached hydrogen (secondary N) is 2. The van der Waals surface area contributed by atoms with Crippen LogP contribution >= 0.6 is 11.6 Å². The smallest absolute Gasteiger partial charge is 0.340 e. The van der Waals surface area contributed by atoms with Crippen molar-refractivity contribution in [3.05, 3.63) is 47.0 Å². The summed E-state index contributed by atoms with van der Waals surface area (Å²) in [6.07, 6.45) is 1.40. The zero-order valence-corrected chi connectivity index (χ0v) is 11.9. The van der Waals surface area contributed by atoms with Gasteiger partial charge in [0.1, 0.15) is 0 Å². The molecule has 22 heavy (non-hydrogen) atoms. The molecule has 0 unspecified atom stereocenters. The number of rotatable bonds is 5. The SMILES string of the molecule is C=CCNC(=O)NC(=O)COC(=O)c1cc(F)c(F)cc1Cl. The van der Waals surface area contributed by atoms with Gasteiger partial charge < -0.3 is 10.1 Å². The Morgan fingerprint density at radius 2 is 1.91 bits per heavy atom. The maximum atomic E-state index is 13.0. The van der Waals surface area contributed by atoms with Crippen LogP contribution in [0.4, 0.5) is 13.6 Å². The second-order valence-corrected chi connectivity index (χ2v) is 4.28. The van der Waals surface area contributed by atoms with E-state index < -0.39 is 41.7 Å². The predicted molar refractivity (Wildman–Crippen MR) is 73.4 cm³/mol. The molecule has 3 amide bonds. The van der Waals surface area contributed by atoms with Crippen LogP contribution in [0.3, 0.4) is 0 Å². The number of esters is 1. The monoisotopic (exact) mass is 332 g/mol. The van der Waals surface area contributed by atoms with Crippen LogP contribution in [0, 0.1) is 11.6 Å². The number of carbonyl (C=O) groups excluding carboxylic acids is 3. The molecule has 0 aliphatic carbocycles. The number of halogens is 3. The molecule has 0 aliphatic rings. The Kier molecular flexibility index (Phi) is 6.46. The van der Waals surface area contributed by atoms with Gasteiger partial charge in [0, 0.05) is 6.54 Å². The number of hydrogen-bond acceptors (Lipinski definition) is 4. The largest absolute Gasteiger partial charge is 0.452 e. The summed E-state index contributed by atoms with van der Waals surface area (Å²) < 4.78 is 30.4. The molecular formula is C13H11ClF2N2O4. The van der Waals surface area contributed by atoms with Gasteiger partial charge in [-0.2, -0.15) is 0 Å². The van der Waals surface area contributed by atoms with E-state index in [2.05, 4.69) is 16.6 Å². The fourth-order valence-electron chi connectivity index (χ4n) is 1.26. The van der Waals surface area contributed by atoms with Gasteiger partial charge in [-0.05, 0) is 12.1 Å². The van der Waals surface area contributed by atoms with Gasteiger partial charge in [-0.25, -0.2) is 18.4 Å². The second-order valence-electron chi connectivity index (χ2n) is 3.87. The fraction of sp³-hybridized carbons (Fsp3) is 0.154. The number of carbonyl (C=O) groups is 3. The summed E-state index contributed by atoms with van der Waals surface area (Å²) in [6.45, 7) is 2.71. The third-order valence-electron chi connectivity index (χ3n) is 2.22. The molecule has 6 nitrogen and oxygen atoms in total. The van der Waals surface area contributed by atoms with Gasteiger partial charge in [-0.15, -0.1) is 6.58 Å². The molecule has 0 bridgehead atoms. The van der Waals surface area contributed by atoms with Crippen LogP contribution in [0.25, 0.3) is 0 Å². The Morgan fingerprint density at radius 1 is 1.27 bits per heavy atom. The van der Waals surface area contributed by atoms with Crippen molar-refractivity contribution >= 4 is 29.5 Å². The summed E-state index contributed by atoms with van der Waals surface area (Å²) in [5.41, 5.74) is -0.440. The predicted octanol–water partition coefficient (Wildman–Crippen LogP) is 1.79. The highest BCUT2D eigenvalue weighted by Crippen LogP contribution is 2.20. The zero-order valence-electron chi connectivity index (χ0n) is 11.1. The molecule has 0 saturated heterocycles. The van der Waals surface area contributed by atoms with Gasteiger partial charge in [0.05, 0.1) is 10.6 Å². The van der Waals surface area contributed by atoms with Gasteiger partial charge in [0.2, 0.25) is 0 Å². The van der Waals surface area contributed by atoms with Gasteiger partial charge in [-0.3, -0.25) is 10.1 Å². The average molecular weight is 333 g/mol. The maximum Gasteiger partial charge on any atom is 0.340 e. The lowest BCUT2D eigenvalue weighted by molar-refractivity contribution is -0.123. The fourth-order valence-corrected chi connectivity index (χ4v) is 1.49. The minimum atomic E-state index is -1.29. The quantitative estimate of drug-likeness (QED) is 0.489. The van der Waals surface area contributed by atoms with Crippen molar-refractivity contribution in [3.63, 3.8) is 0 Å². The van der Waals surface area contributed by atoms with Crippen molar-refractivity contribution in [2.45, 2.75) is 0 Å². The van der Waals surface area contributed by atoms with Crippen molar-refractivity contribution in [1.29, 1.82) is 0 Å². The minimum absolute atomic E-state index is 0.142. The lowest BCUT2D eigenvalue weighted by Gasteiger charge is -2.07. The van der Waals surface area contributed by atoms with Crippen LogP contribution in [-0.4, -0.2) is 31.1 Å². The number of imide groups is 1. The van der Waals surface area contributed by atoms with Crippen molar-refractivity contribution < 1.29 is 27.9 Å². The van der Waals surface area contributed by atoms with Crippen LogP contribution in [0.15, 0.2) is 24.8 Å². The Labute approximate surface area is 129 Å². The van der Waals surface area contributed by atoms with Crippen LogP contribution in [0.1, 0.15) is 10.4 Å². The van der Waals surface area contributed by atoms with Crippen LogP contribution in [0.5, 0.6) is 0 Å². The van der Waals surface area contributed by atoms with E-state index in [0.717, 1.165) is 0 Å². The van der Waals surface area contributed by atoms with Gasteiger partial charge in [0.15, 0.2) is 18.2 Å². The third kappa shape index (κ3) is 5.13. The van der Waals surface area contributed by atoms with E-state index in [1.165, 1.54) is 6.08 Å². The first-order chi connectivity index (χ1) is 10.3. The van der Waals surface area contributed by atoms with E-state index in [-0.39, 0.29) is 11.6 Å². The molecule has 0 aliphatic heterocycles. The summed E-state index contributed by atoms with van der Waals surface area (Å²) >= 11 is 5.57. The lowest BCUT2D eigenvalue weighted by atomic mass is 10.2. The number of benzene rings is 1. The molecule has 1 aromatic rings. The van der Waals surface area contributed by atoms with E-state index in [1.54, 1.807) is 0 Å². The summed E-state index contributed by atoms with van der Waals surface area (Å²) in [4.78, 5) is 34.0. The molecule has 9 heteroatoms. The van der Waals surface area contributed by atoms with Crippen LogP contribution in [-0.2, 0) is 9.53 Å². The van der Waals surface area contributed by atoms with E-state index in [1.807, 2.05) is 5.32 Å². The third-order valence-corrected chi connectivity index (χ3v) is 2.54. The van der Waals surface area contributed by atoms with E-state index in [0.29, 0.717) is 12.1 Å². The van der Waals surface area contributed by atoms with Gasteiger partial charge >= 0.3 is 12.0 Å². The molecule has 0 fully saturated rings. The summed E-state index contributed by atoms with van der Waals surface area (Å²) in [7, 11) is 0. The second kappa shape index (κ2) is 8.08. The minimum Gasteiger partial charge on any atom is -0.452 e. The Balaban J connectivity index is 2.56. The lowest BCUT2D eigenvalue weighted by Crippen LogP contribution is -2.41. The van der Waals surface area contributed by atoms with Crippen LogP contribution in [0.2, 0.25) is 5.02 Å². The number of urea groups is 1. The topological polar surface area (TPSA) is 84.5 Å². The number of ether oxygens (including phenoxy) is 1. The van der Waals surface area contributed by atoms with E-state index in [9.17, 15) is 23.2 Å². The highest BCUT2D eigenvalue weighted by molar-refractivity contribution is 6.33. The van der Waals surface area contributed by atoms with E-state index in [4.69, 9.17) is 11.6 Å². The molecule has 1 aromatic carbocycles. The molecule has 0 saturated carbocycles. The molecular weight excluding hydrogens is 322 g/mol. The maximum absolute atomic E-state index is 13.0. The number of amides is 3. The molecule has 1 rings (SSSR count). The Morgan fingerprint density at radius 3 is 2.55 bits per heavy atom. The van der Waals surface area contributed by atoms with Crippen LogP contribution < -0.4 is 10.6 Å². The first-order valence-corrected chi connectivity index (χ1v) is 6.23. The molecule has 118 valence electrons. The first kappa shape index (κ1) is 17.6.